The van der Waals surface area contributed by atoms with Gasteiger partial charge in [-0.3, -0.25) is 33.8 Å². The summed E-state index contributed by atoms with van der Waals surface area (Å²) in [5, 5.41) is 3.25. The molecule has 3 N–H and O–H groups in total. The third-order valence-electron chi connectivity index (χ3n) is 12.7. The van der Waals surface area contributed by atoms with E-state index in [1.807, 2.05) is 23.1 Å². The van der Waals surface area contributed by atoms with Crippen molar-refractivity contribution in [2.24, 2.45) is 5.73 Å². The Balaban J connectivity index is 0.000000189. The number of ether oxygens (including phenoxy) is 4. The molecule has 0 radical (unpaired) electrons. The first kappa shape index (κ1) is 58.8. The Bertz CT molecular complexity index is 2760. The maximum atomic E-state index is 14.4. The van der Waals surface area contributed by atoms with E-state index in [0.29, 0.717) is 114 Å². The molecule has 0 aliphatic carbocycles. The number of nitrogens with two attached hydrogens (primary N) is 1. The van der Waals surface area contributed by atoms with E-state index >= 15 is 0 Å². The van der Waals surface area contributed by atoms with Gasteiger partial charge in [0.1, 0.15) is 48.6 Å². The second-order valence-corrected chi connectivity index (χ2v) is 29.3. The van der Waals surface area contributed by atoms with Crippen molar-refractivity contribution in [2.75, 3.05) is 78.0 Å². The monoisotopic (exact) mass is 1400 g/mol. The van der Waals surface area contributed by atoms with Crippen molar-refractivity contribution in [3.05, 3.63) is 106 Å². The van der Waals surface area contributed by atoms with Crippen LogP contribution in [0.2, 0.25) is 0 Å². The van der Waals surface area contributed by atoms with Crippen molar-refractivity contribution >= 4 is 127 Å². The molecule has 395 valence electrons. The number of alkyl halides is 1. The minimum absolute atomic E-state index is 0.0117. The van der Waals surface area contributed by atoms with Gasteiger partial charge in [0.15, 0.2) is 17.9 Å². The van der Waals surface area contributed by atoms with Gasteiger partial charge in [0.25, 0.3) is 0 Å². The van der Waals surface area contributed by atoms with Crippen LogP contribution < -0.4 is 40.1 Å². The zero-order valence-corrected chi connectivity index (χ0v) is 48.7. The topological polar surface area (TPSA) is 207 Å². The van der Waals surface area contributed by atoms with Crippen LogP contribution in [0.25, 0.3) is 0 Å². The fourth-order valence-corrected chi connectivity index (χ4v) is 9.13. The molecule has 0 spiro atoms. The molecular formula is C51H55F2I3N6O11V. The molecule has 2 unspecified atom stereocenters. The van der Waals surface area contributed by atoms with E-state index in [0.717, 1.165) is 41.6 Å². The van der Waals surface area contributed by atoms with Gasteiger partial charge in [-0.1, -0.05) is 34.7 Å². The quantitative estimate of drug-likeness (QED) is 0.0598. The maximum absolute atomic E-state index is 14.4. The third-order valence-corrected chi connectivity index (χ3v) is 12.7. The summed E-state index contributed by atoms with van der Waals surface area (Å²) >= 11 is 6.89. The van der Waals surface area contributed by atoms with Crippen LogP contribution in [0, 0.1) is 11.6 Å². The molecule has 10 rings (SSSR count). The summed E-state index contributed by atoms with van der Waals surface area (Å²) in [6.07, 6.45) is 3.53. The number of benzene rings is 4. The number of fused-ring (bicyclic) bond motifs is 4. The van der Waals surface area contributed by atoms with Crippen LogP contribution in [0.4, 0.5) is 41.1 Å². The first-order valence-corrected chi connectivity index (χ1v) is 34.6. The first-order valence-electron chi connectivity index (χ1n) is 23.5. The fraction of sp³-hybridized carbons (Fsp3) is 0.392. The number of likely N-dealkylation sites (N-methyl/N-ethyl adjacent to an activating group) is 2. The van der Waals surface area contributed by atoms with Crippen molar-refractivity contribution in [3.8, 4) is 11.5 Å². The molecule has 4 aromatic carbocycles. The standard InChI is InChI=1S/C25H26FN3O5.C15H18N2O4.C10H8FNO2.CH3I.2HI.V/c1-28-23(31)11-15-4-6-21(26)20(24(15)28)12-27-8-2-3-19-13-29(25(32)34-19)17-5-7-22-16(9-17)10-18(30)14-33-22;16-5-1-2-13-8-17(15(19)21-13)11-3-4-14-10(6-11)7-12(18)9-20-14;1-12-9(14)4-6-2-3-8(11)7(5-13)10(6)12;1-2;;;/h4-7,9,19,27H,2-3,8,10-14H2,1H3;3-4,6,13H,1-2,5,7-9,16H2;2-3,5H,4H2,1H3;1H3;2*1H;/q;;;;;;+2/p-2. The number of carbonyl (C=O) groups is 7. The molecule has 0 bridgehead atoms. The van der Waals surface area contributed by atoms with Gasteiger partial charge in [-0.05, 0) is 103 Å². The van der Waals surface area contributed by atoms with Crippen molar-refractivity contribution in [1.82, 2.24) is 5.32 Å². The molecule has 6 aliphatic heterocycles. The van der Waals surface area contributed by atoms with Crippen molar-refractivity contribution in [1.29, 1.82) is 0 Å². The summed E-state index contributed by atoms with van der Waals surface area (Å²) in [7, 11) is 3.84. The van der Waals surface area contributed by atoms with Crippen LogP contribution >= 0.6 is 62.5 Å². The number of amides is 4. The van der Waals surface area contributed by atoms with E-state index in [9.17, 15) is 42.3 Å². The van der Waals surface area contributed by atoms with Crippen LogP contribution in [-0.2, 0) is 70.3 Å². The van der Waals surface area contributed by atoms with E-state index in [4.69, 9.17) is 24.7 Å². The van der Waals surface area contributed by atoms with Gasteiger partial charge >= 0.3 is 61.6 Å². The molecule has 4 aromatic rings. The van der Waals surface area contributed by atoms with Gasteiger partial charge < -0.3 is 39.8 Å². The summed E-state index contributed by atoms with van der Waals surface area (Å²) in [4.78, 5) is 89.4. The van der Waals surface area contributed by atoms with E-state index < -0.39 is 11.9 Å². The average molecular weight is 1400 g/mol. The molecule has 23 heteroatoms. The Morgan fingerprint density at radius 2 is 1.15 bits per heavy atom. The zero-order chi connectivity index (χ0) is 53.6. The van der Waals surface area contributed by atoms with E-state index in [1.165, 1.54) is 21.9 Å². The number of nitrogens with one attached hydrogen (secondary N) is 1. The Morgan fingerprint density at radius 3 is 1.65 bits per heavy atom. The summed E-state index contributed by atoms with van der Waals surface area (Å²) in [6, 6.07) is 16.7. The molecule has 0 saturated carbocycles. The number of hydrogen-bond acceptors (Lipinski definition) is 13. The Hall–Kier alpha value is -4.48. The summed E-state index contributed by atoms with van der Waals surface area (Å²) in [6.45, 7) is 2.69. The van der Waals surface area contributed by atoms with Gasteiger partial charge in [-0.25, -0.2) is 18.4 Å². The van der Waals surface area contributed by atoms with Crippen molar-refractivity contribution < 1.29 is 70.8 Å². The Kier molecular flexibility index (Phi) is 22.3. The molecule has 2 atom stereocenters. The van der Waals surface area contributed by atoms with Crippen LogP contribution in [-0.4, -0.2) is 112 Å². The van der Waals surface area contributed by atoms with Crippen LogP contribution in [0.1, 0.15) is 63.9 Å². The molecule has 2 saturated heterocycles. The number of carbonyl (C=O) groups excluding carboxylic acids is 7. The number of hydrogen-bond donors (Lipinski definition) is 2. The van der Waals surface area contributed by atoms with Crippen LogP contribution in [0.5, 0.6) is 11.5 Å². The number of cyclic esters (lactones) is 2. The number of aldehydes is 1. The molecular weight excluding hydrogens is 1340 g/mol. The average Bonchev–Trinajstić information content (AvgIpc) is 4.13. The number of ketones is 2. The van der Waals surface area contributed by atoms with Gasteiger partial charge in [-0.15, -0.1) is 0 Å². The first-order chi connectivity index (χ1) is 35.6. The van der Waals surface area contributed by atoms with Gasteiger partial charge in [0.05, 0.1) is 42.9 Å². The number of halogens is 5. The molecule has 0 aromatic heterocycles. The third kappa shape index (κ3) is 14.5. The summed E-state index contributed by atoms with van der Waals surface area (Å²) in [5.41, 5.74) is 11.6. The van der Waals surface area contributed by atoms with E-state index in [1.54, 1.807) is 54.2 Å². The fourth-order valence-electron chi connectivity index (χ4n) is 9.13. The van der Waals surface area contributed by atoms with Crippen LogP contribution in [0.3, 0.4) is 0 Å². The van der Waals surface area contributed by atoms with Crippen molar-refractivity contribution in [3.63, 3.8) is 0 Å². The van der Waals surface area contributed by atoms with Gasteiger partial charge in [-0.2, -0.15) is 0 Å². The minimum atomic E-state index is -0.583. The molecule has 6 aliphatic rings. The summed E-state index contributed by atoms with van der Waals surface area (Å²) < 4.78 is 49.2. The van der Waals surface area contributed by atoms with Gasteiger partial charge in [0, 0.05) is 61.5 Å². The second kappa shape index (κ2) is 28.1. The summed E-state index contributed by atoms with van der Waals surface area (Å²) in [5.74, 6) is 0.383. The predicted octanol–water partition coefficient (Wildman–Crippen LogP) is 7.98. The number of nitrogens with zero attached hydrogens (tertiary/aromatic N) is 4. The number of Topliss-reactive ketones (excluding diaryl/α,β-unsaturated/α-hetero) is 2. The molecule has 74 heavy (non-hydrogen) atoms. The van der Waals surface area contributed by atoms with E-state index in [2.05, 4.69) is 67.9 Å². The normalized spacial score (nSPS) is 17.8. The molecule has 6 heterocycles. The van der Waals surface area contributed by atoms with Crippen molar-refractivity contribution in [2.45, 2.75) is 70.1 Å². The van der Waals surface area contributed by atoms with Gasteiger partial charge in [0.2, 0.25) is 11.8 Å². The zero-order valence-electron chi connectivity index (χ0n) is 40.8. The van der Waals surface area contributed by atoms with E-state index in [-0.39, 0.29) is 72.7 Å². The Morgan fingerprint density at radius 1 is 0.676 bits per heavy atom. The molecule has 2 fully saturated rings. The number of anilines is 4. The second-order valence-electron chi connectivity index (χ2n) is 17.5. The molecule has 4 amide bonds. The Labute approximate surface area is 470 Å². The predicted molar refractivity (Wildman–Crippen MR) is 296 cm³/mol. The number of rotatable bonds is 12. The van der Waals surface area contributed by atoms with Crippen LogP contribution in [0.15, 0.2) is 60.7 Å². The SMILES string of the molecule is CI.CN1C(=O)Cc2ccc(F)c(C=O)c21.CN1C(=O)Cc2ccc(F)c(CNCCCC3CN(c4ccc5c(c4)CC(=O)CO5)C(=O)O3)c21.NCCCC1CN(c2ccc3c(c2)CC(=O)CO3)C(=O)O1.[I][V][I]. The molecule has 17 nitrogen and oxygen atoms in total.